The van der Waals surface area contributed by atoms with Gasteiger partial charge in [-0.1, -0.05) is 25.7 Å². The van der Waals surface area contributed by atoms with Gasteiger partial charge in [0.15, 0.2) is 11.8 Å². The number of nitrogens with zero attached hydrogens (tertiary/aromatic N) is 4. The molecule has 1 heterocycles. The SMILES string of the molecule is CCn1cnnc1CNC(=NC)NCCCC1CCCC1. The van der Waals surface area contributed by atoms with Gasteiger partial charge in [-0.3, -0.25) is 4.99 Å². The topological polar surface area (TPSA) is 67.1 Å². The molecular formula is C15H28N6. The van der Waals surface area contributed by atoms with E-state index >= 15 is 0 Å². The van der Waals surface area contributed by atoms with Crippen LogP contribution in [-0.4, -0.2) is 34.3 Å². The third-order valence-corrected chi connectivity index (χ3v) is 4.23. The lowest BCUT2D eigenvalue weighted by molar-refractivity contribution is 0.481. The second-order valence-corrected chi connectivity index (χ2v) is 5.68. The molecule has 1 aliphatic carbocycles. The first-order valence-electron chi connectivity index (χ1n) is 8.14. The van der Waals surface area contributed by atoms with Crippen LogP contribution in [0.15, 0.2) is 11.3 Å². The minimum absolute atomic E-state index is 0.649. The molecule has 118 valence electrons. The van der Waals surface area contributed by atoms with Gasteiger partial charge in [-0.05, 0) is 25.7 Å². The minimum atomic E-state index is 0.649. The Bertz CT molecular complexity index is 433. The second-order valence-electron chi connectivity index (χ2n) is 5.68. The van der Waals surface area contributed by atoms with Crippen molar-refractivity contribution in [2.75, 3.05) is 13.6 Å². The lowest BCUT2D eigenvalue weighted by atomic mass is 10.0. The highest BCUT2D eigenvalue weighted by Crippen LogP contribution is 2.28. The van der Waals surface area contributed by atoms with Crippen molar-refractivity contribution < 1.29 is 0 Å². The number of nitrogens with one attached hydrogen (secondary N) is 2. The second kappa shape index (κ2) is 8.64. The summed E-state index contributed by atoms with van der Waals surface area (Å²) in [5, 5.41) is 14.7. The third-order valence-electron chi connectivity index (χ3n) is 4.23. The van der Waals surface area contributed by atoms with Crippen molar-refractivity contribution in [2.45, 2.75) is 58.5 Å². The average molecular weight is 292 g/mol. The van der Waals surface area contributed by atoms with Gasteiger partial charge in [0.2, 0.25) is 0 Å². The molecule has 1 fully saturated rings. The quantitative estimate of drug-likeness (QED) is 0.458. The monoisotopic (exact) mass is 292 g/mol. The van der Waals surface area contributed by atoms with Gasteiger partial charge in [-0.2, -0.15) is 0 Å². The van der Waals surface area contributed by atoms with Crippen molar-refractivity contribution in [3.8, 4) is 0 Å². The molecule has 0 unspecified atom stereocenters. The molecule has 2 N–H and O–H groups in total. The van der Waals surface area contributed by atoms with Crippen LogP contribution in [0.3, 0.4) is 0 Å². The van der Waals surface area contributed by atoms with E-state index in [2.05, 4.69) is 32.7 Å². The molecule has 2 rings (SSSR count). The number of aliphatic imine (C=N–C) groups is 1. The van der Waals surface area contributed by atoms with Gasteiger partial charge in [0.25, 0.3) is 0 Å². The van der Waals surface area contributed by atoms with Gasteiger partial charge in [0, 0.05) is 20.1 Å². The van der Waals surface area contributed by atoms with E-state index in [0.29, 0.717) is 6.54 Å². The normalized spacial score (nSPS) is 16.4. The Morgan fingerprint density at radius 1 is 1.38 bits per heavy atom. The first kappa shape index (κ1) is 15.8. The van der Waals surface area contributed by atoms with E-state index in [1.54, 1.807) is 13.4 Å². The van der Waals surface area contributed by atoms with Crippen molar-refractivity contribution in [3.63, 3.8) is 0 Å². The predicted octanol–water partition coefficient (Wildman–Crippen LogP) is 1.93. The fourth-order valence-corrected chi connectivity index (χ4v) is 2.96. The summed E-state index contributed by atoms with van der Waals surface area (Å²) >= 11 is 0. The summed E-state index contributed by atoms with van der Waals surface area (Å²) < 4.78 is 2.03. The van der Waals surface area contributed by atoms with Crippen molar-refractivity contribution in [2.24, 2.45) is 10.9 Å². The van der Waals surface area contributed by atoms with Crippen molar-refractivity contribution in [1.82, 2.24) is 25.4 Å². The van der Waals surface area contributed by atoms with E-state index in [0.717, 1.165) is 30.8 Å². The fraction of sp³-hybridized carbons (Fsp3) is 0.800. The van der Waals surface area contributed by atoms with Gasteiger partial charge in [-0.15, -0.1) is 10.2 Å². The smallest absolute Gasteiger partial charge is 0.191 e. The Morgan fingerprint density at radius 3 is 2.90 bits per heavy atom. The Kier molecular flexibility index (Phi) is 6.50. The molecule has 0 aliphatic heterocycles. The molecule has 0 saturated heterocycles. The molecule has 0 aromatic carbocycles. The number of guanidine groups is 1. The zero-order valence-electron chi connectivity index (χ0n) is 13.3. The van der Waals surface area contributed by atoms with E-state index in [4.69, 9.17) is 0 Å². The number of rotatable bonds is 7. The summed E-state index contributed by atoms with van der Waals surface area (Å²) in [4.78, 5) is 4.25. The van der Waals surface area contributed by atoms with E-state index in [9.17, 15) is 0 Å². The molecule has 1 aromatic heterocycles. The van der Waals surface area contributed by atoms with Crippen molar-refractivity contribution in [1.29, 1.82) is 0 Å². The Morgan fingerprint density at radius 2 is 2.19 bits per heavy atom. The standard InChI is InChI=1S/C15H28N6/c1-3-21-12-19-20-14(21)11-18-15(16-2)17-10-6-9-13-7-4-5-8-13/h12-13H,3-11H2,1-2H3,(H2,16,17,18). The molecule has 1 saturated carbocycles. The largest absolute Gasteiger partial charge is 0.356 e. The van der Waals surface area contributed by atoms with E-state index in [1.807, 2.05) is 4.57 Å². The maximum Gasteiger partial charge on any atom is 0.191 e. The van der Waals surface area contributed by atoms with Crippen LogP contribution in [0, 0.1) is 5.92 Å². The van der Waals surface area contributed by atoms with Crippen LogP contribution in [0.4, 0.5) is 0 Å². The molecular weight excluding hydrogens is 264 g/mol. The van der Waals surface area contributed by atoms with Gasteiger partial charge in [0.05, 0.1) is 6.54 Å². The minimum Gasteiger partial charge on any atom is -0.356 e. The van der Waals surface area contributed by atoms with Gasteiger partial charge < -0.3 is 15.2 Å². The summed E-state index contributed by atoms with van der Waals surface area (Å²) in [6.07, 6.45) is 10.0. The molecule has 0 radical (unpaired) electrons. The van der Waals surface area contributed by atoms with E-state index in [-0.39, 0.29) is 0 Å². The highest BCUT2D eigenvalue weighted by molar-refractivity contribution is 5.79. The fourth-order valence-electron chi connectivity index (χ4n) is 2.96. The summed E-state index contributed by atoms with van der Waals surface area (Å²) in [7, 11) is 1.80. The number of aryl methyl sites for hydroxylation is 1. The van der Waals surface area contributed by atoms with Gasteiger partial charge in [-0.25, -0.2) is 0 Å². The van der Waals surface area contributed by atoms with Crippen LogP contribution in [0.2, 0.25) is 0 Å². The third kappa shape index (κ3) is 5.02. The van der Waals surface area contributed by atoms with Crippen LogP contribution in [-0.2, 0) is 13.1 Å². The molecule has 0 spiro atoms. The molecule has 1 aromatic rings. The van der Waals surface area contributed by atoms with Crippen LogP contribution >= 0.6 is 0 Å². The Hall–Kier alpha value is -1.59. The summed E-state index contributed by atoms with van der Waals surface area (Å²) in [5.41, 5.74) is 0. The number of aromatic nitrogens is 3. The van der Waals surface area contributed by atoms with E-state index in [1.165, 1.54) is 38.5 Å². The predicted molar refractivity (Wildman–Crippen MR) is 85.1 cm³/mol. The Balaban J connectivity index is 1.63. The lowest BCUT2D eigenvalue weighted by Crippen LogP contribution is -2.38. The molecule has 1 aliphatic rings. The first-order chi connectivity index (χ1) is 10.3. The van der Waals surface area contributed by atoms with Crippen molar-refractivity contribution in [3.05, 3.63) is 12.2 Å². The first-order valence-corrected chi connectivity index (χ1v) is 8.14. The molecule has 0 atom stereocenters. The van der Waals surface area contributed by atoms with Crippen LogP contribution in [0.25, 0.3) is 0 Å². The average Bonchev–Trinajstić information content (AvgIpc) is 3.17. The molecule has 21 heavy (non-hydrogen) atoms. The molecule has 6 heteroatoms. The summed E-state index contributed by atoms with van der Waals surface area (Å²) in [6.45, 7) is 4.60. The number of hydrogen-bond acceptors (Lipinski definition) is 3. The zero-order chi connectivity index (χ0) is 14.9. The Labute approximate surface area is 127 Å². The van der Waals surface area contributed by atoms with E-state index < -0.39 is 0 Å². The highest BCUT2D eigenvalue weighted by atomic mass is 15.3. The zero-order valence-corrected chi connectivity index (χ0v) is 13.3. The number of hydrogen-bond donors (Lipinski definition) is 2. The summed E-state index contributed by atoms with van der Waals surface area (Å²) in [6, 6.07) is 0. The highest BCUT2D eigenvalue weighted by Gasteiger charge is 2.14. The molecule has 6 nitrogen and oxygen atoms in total. The van der Waals surface area contributed by atoms with Crippen LogP contribution in [0.5, 0.6) is 0 Å². The van der Waals surface area contributed by atoms with Gasteiger partial charge >= 0.3 is 0 Å². The molecule has 0 bridgehead atoms. The van der Waals surface area contributed by atoms with Crippen LogP contribution in [0.1, 0.15) is 51.3 Å². The summed E-state index contributed by atoms with van der Waals surface area (Å²) in [5.74, 6) is 2.74. The maximum atomic E-state index is 4.25. The van der Waals surface area contributed by atoms with Crippen molar-refractivity contribution >= 4 is 5.96 Å². The van der Waals surface area contributed by atoms with Gasteiger partial charge in [0.1, 0.15) is 6.33 Å². The molecule has 0 amide bonds. The lowest BCUT2D eigenvalue weighted by Gasteiger charge is -2.13. The van der Waals surface area contributed by atoms with Crippen LogP contribution < -0.4 is 10.6 Å². The maximum absolute atomic E-state index is 4.25.